The zero-order valence-corrected chi connectivity index (χ0v) is 20.4. The Balaban J connectivity index is 1.53. The fraction of sp³-hybridized carbons (Fsp3) is 0.259. The van der Waals surface area contributed by atoms with Crippen molar-refractivity contribution < 1.29 is 14.3 Å². The van der Waals surface area contributed by atoms with Crippen LogP contribution in [0.25, 0.3) is 10.9 Å². The van der Waals surface area contributed by atoms with E-state index in [1.165, 1.54) is 6.33 Å². The molecular formula is C27H29N5O3. The van der Waals surface area contributed by atoms with Crippen molar-refractivity contribution >= 4 is 28.3 Å². The summed E-state index contributed by atoms with van der Waals surface area (Å²) in [5, 5.41) is 4.17. The Morgan fingerprint density at radius 3 is 2.63 bits per heavy atom. The van der Waals surface area contributed by atoms with Gasteiger partial charge in [-0.05, 0) is 61.9 Å². The zero-order valence-electron chi connectivity index (χ0n) is 20.4. The average molecular weight is 472 g/mol. The number of nitrogens with zero attached hydrogens (tertiary/aromatic N) is 4. The Hall–Kier alpha value is -4.20. The Bertz CT molecular complexity index is 1310. The van der Waals surface area contributed by atoms with Gasteiger partial charge in [0, 0.05) is 25.9 Å². The molecule has 0 aliphatic heterocycles. The summed E-state index contributed by atoms with van der Waals surface area (Å²) >= 11 is 0. The first-order valence-corrected chi connectivity index (χ1v) is 11.4. The number of ether oxygens (including phenoxy) is 2. The number of amides is 1. The van der Waals surface area contributed by atoms with Gasteiger partial charge in [-0.1, -0.05) is 12.1 Å². The molecule has 4 rings (SSSR count). The Kier molecular flexibility index (Phi) is 7.40. The molecule has 0 fully saturated rings. The van der Waals surface area contributed by atoms with E-state index in [1.807, 2.05) is 68.4 Å². The lowest BCUT2D eigenvalue weighted by molar-refractivity contribution is -0.129. The molecule has 2 heterocycles. The molecule has 35 heavy (non-hydrogen) atoms. The molecule has 180 valence electrons. The van der Waals surface area contributed by atoms with Crippen LogP contribution in [0, 0.1) is 6.92 Å². The molecule has 0 saturated carbocycles. The Labute approximate surface area is 205 Å². The SMILES string of the molecule is CC(=O)N(C)[C@H](C)COc1cccc2ncnc(Nc3ccc(OCc4ccccn4)c(C)c3)c12. The van der Waals surface area contributed by atoms with Crippen molar-refractivity contribution in [1.82, 2.24) is 19.9 Å². The number of nitrogens with one attached hydrogen (secondary N) is 1. The summed E-state index contributed by atoms with van der Waals surface area (Å²) in [5.74, 6) is 2.08. The summed E-state index contributed by atoms with van der Waals surface area (Å²) in [5.41, 5.74) is 3.49. The van der Waals surface area contributed by atoms with Crippen LogP contribution in [0.4, 0.5) is 11.5 Å². The summed E-state index contributed by atoms with van der Waals surface area (Å²) in [6.45, 7) is 6.25. The Morgan fingerprint density at radius 2 is 1.89 bits per heavy atom. The van der Waals surface area contributed by atoms with Gasteiger partial charge in [0.1, 0.15) is 36.9 Å². The van der Waals surface area contributed by atoms with Gasteiger partial charge in [-0.2, -0.15) is 0 Å². The number of hydrogen-bond donors (Lipinski definition) is 1. The van der Waals surface area contributed by atoms with Crippen LogP contribution in [0.2, 0.25) is 0 Å². The first-order valence-electron chi connectivity index (χ1n) is 11.4. The highest BCUT2D eigenvalue weighted by Gasteiger charge is 2.15. The number of fused-ring (bicyclic) bond motifs is 1. The van der Waals surface area contributed by atoms with E-state index in [-0.39, 0.29) is 11.9 Å². The first-order chi connectivity index (χ1) is 16.9. The largest absolute Gasteiger partial charge is 0.491 e. The molecule has 4 aromatic rings. The van der Waals surface area contributed by atoms with Crippen LogP contribution in [0.15, 0.2) is 67.1 Å². The third-order valence-corrected chi connectivity index (χ3v) is 5.80. The molecule has 0 unspecified atom stereocenters. The fourth-order valence-corrected chi connectivity index (χ4v) is 3.59. The molecule has 1 atom stereocenters. The summed E-state index contributed by atoms with van der Waals surface area (Å²) in [4.78, 5) is 26.5. The van der Waals surface area contributed by atoms with Crippen molar-refractivity contribution in [2.24, 2.45) is 0 Å². The molecule has 0 radical (unpaired) electrons. The standard InChI is InChI=1S/C27H29N5O3/c1-18-14-21(11-12-24(18)35-16-22-8-5-6-13-28-22)31-27-26-23(29-17-30-27)9-7-10-25(26)34-15-19(2)32(4)20(3)33/h5-14,17,19H,15-16H2,1-4H3,(H,29,30,31)/t19-/m1/s1. The number of aryl methyl sites for hydroxylation is 1. The van der Waals surface area contributed by atoms with Gasteiger partial charge >= 0.3 is 0 Å². The van der Waals surface area contributed by atoms with E-state index in [4.69, 9.17) is 9.47 Å². The van der Waals surface area contributed by atoms with Crippen LogP contribution in [0.5, 0.6) is 11.5 Å². The number of rotatable bonds is 9. The molecule has 0 bridgehead atoms. The van der Waals surface area contributed by atoms with E-state index in [9.17, 15) is 4.79 Å². The lowest BCUT2D eigenvalue weighted by Gasteiger charge is -2.24. The van der Waals surface area contributed by atoms with Gasteiger partial charge in [-0.25, -0.2) is 9.97 Å². The number of likely N-dealkylation sites (N-methyl/N-ethyl adjacent to an activating group) is 1. The van der Waals surface area contributed by atoms with Crippen LogP contribution in [0.1, 0.15) is 25.1 Å². The highest BCUT2D eigenvalue weighted by Crippen LogP contribution is 2.32. The molecule has 0 aliphatic carbocycles. The molecule has 1 N–H and O–H groups in total. The zero-order chi connectivity index (χ0) is 24.8. The molecular weight excluding hydrogens is 442 g/mol. The van der Waals surface area contributed by atoms with E-state index in [0.717, 1.165) is 33.6 Å². The predicted molar refractivity (Wildman–Crippen MR) is 136 cm³/mol. The van der Waals surface area contributed by atoms with Crippen molar-refractivity contribution in [3.05, 3.63) is 78.4 Å². The lowest BCUT2D eigenvalue weighted by Crippen LogP contribution is -2.37. The van der Waals surface area contributed by atoms with Crippen molar-refractivity contribution in [1.29, 1.82) is 0 Å². The smallest absolute Gasteiger partial charge is 0.219 e. The van der Waals surface area contributed by atoms with Crippen molar-refractivity contribution in [3.8, 4) is 11.5 Å². The number of pyridine rings is 1. The molecule has 1 amide bonds. The van der Waals surface area contributed by atoms with E-state index < -0.39 is 0 Å². The molecule has 2 aromatic heterocycles. The van der Waals surface area contributed by atoms with Gasteiger partial charge in [0.15, 0.2) is 0 Å². The molecule has 2 aromatic carbocycles. The minimum atomic E-state index is -0.0786. The topological polar surface area (TPSA) is 89.5 Å². The summed E-state index contributed by atoms with van der Waals surface area (Å²) < 4.78 is 12.1. The minimum absolute atomic E-state index is 0.00691. The number of aromatic nitrogens is 3. The van der Waals surface area contributed by atoms with Gasteiger partial charge in [0.2, 0.25) is 5.91 Å². The Morgan fingerprint density at radius 1 is 1.03 bits per heavy atom. The van der Waals surface area contributed by atoms with Crippen LogP contribution in [-0.4, -0.2) is 45.5 Å². The maximum atomic E-state index is 11.7. The lowest BCUT2D eigenvalue weighted by atomic mass is 10.1. The van der Waals surface area contributed by atoms with E-state index in [0.29, 0.717) is 24.8 Å². The van der Waals surface area contributed by atoms with Crippen LogP contribution in [-0.2, 0) is 11.4 Å². The van der Waals surface area contributed by atoms with Crippen LogP contribution in [0.3, 0.4) is 0 Å². The second kappa shape index (κ2) is 10.8. The molecule has 0 spiro atoms. The monoisotopic (exact) mass is 471 g/mol. The average Bonchev–Trinajstić information content (AvgIpc) is 2.87. The fourth-order valence-electron chi connectivity index (χ4n) is 3.59. The normalized spacial score (nSPS) is 11.7. The van der Waals surface area contributed by atoms with Crippen molar-refractivity contribution in [2.75, 3.05) is 19.0 Å². The van der Waals surface area contributed by atoms with Crippen LogP contribution < -0.4 is 14.8 Å². The van der Waals surface area contributed by atoms with Gasteiger partial charge < -0.3 is 19.7 Å². The third kappa shape index (κ3) is 5.84. The predicted octanol–water partition coefficient (Wildman–Crippen LogP) is 4.90. The number of hydrogen-bond acceptors (Lipinski definition) is 7. The van der Waals surface area contributed by atoms with Gasteiger partial charge in [0.05, 0.1) is 22.6 Å². The molecule has 8 heteroatoms. The second-order valence-electron chi connectivity index (χ2n) is 8.38. The number of anilines is 2. The van der Waals surface area contributed by atoms with E-state index in [1.54, 1.807) is 25.1 Å². The third-order valence-electron chi connectivity index (χ3n) is 5.80. The van der Waals surface area contributed by atoms with Gasteiger partial charge in [-0.3, -0.25) is 9.78 Å². The minimum Gasteiger partial charge on any atom is -0.491 e. The highest BCUT2D eigenvalue weighted by atomic mass is 16.5. The van der Waals surface area contributed by atoms with Crippen molar-refractivity contribution in [3.63, 3.8) is 0 Å². The van der Waals surface area contributed by atoms with Gasteiger partial charge in [0.25, 0.3) is 0 Å². The molecule has 0 saturated heterocycles. The highest BCUT2D eigenvalue weighted by molar-refractivity contribution is 5.95. The number of carbonyl (C=O) groups excluding carboxylic acids is 1. The molecule has 0 aliphatic rings. The van der Waals surface area contributed by atoms with E-state index >= 15 is 0 Å². The summed E-state index contributed by atoms with van der Waals surface area (Å²) in [6, 6.07) is 17.3. The summed E-state index contributed by atoms with van der Waals surface area (Å²) in [7, 11) is 1.77. The quantitative estimate of drug-likeness (QED) is 0.371. The van der Waals surface area contributed by atoms with Crippen LogP contribution >= 0.6 is 0 Å². The van der Waals surface area contributed by atoms with Crippen molar-refractivity contribution in [2.45, 2.75) is 33.4 Å². The maximum Gasteiger partial charge on any atom is 0.219 e. The van der Waals surface area contributed by atoms with E-state index in [2.05, 4.69) is 20.3 Å². The maximum absolute atomic E-state index is 11.7. The second-order valence-corrected chi connectivity index (χ2v) is 8.38. The first kappa shape index (κ1) is 23.9. The number of carbonyl (C=O) groups is 1. The van der Waals surface area contributed by atoms with Gasteiger partial charge in [-0.15, -0.1) is 0 Å². The summed E-state index contributed by atoms with van der Waals surface area (Å²) in [6.07, 6.45) is 3.28. The molecule has 8 nitrogen and oxygen atoms in total. The number of benzene rings is 2.